The van der Waals surface area contributed by atoms with Crippen molar-refractivity contribution in [2.24, 2.45) is 0 Å². The minimum atomic E-state index is -0.948. The molecule has 122 valence electrons. The Hall–Kier alpha value is -1.50. The Morgan fingerprint density at radius 2 is 1.83 bits per heavy atom. The zero-order valence-electron chi connectivity index (χ0n) is 12.9. The number of hydrogen-bond acceptors (Lipinski definition) is 4. The molecule has 1 unspecified atom stereocenters. The molecule has 1 aliphatic heterocycles. The summed E-state index contributed by atoms with van der Waals surface area (Å²) in [6, 6.07) is 11.5. The molecule has 1 fully saturated rings. The van der Waals surface area contributed by atoms with E-state index in [0.29, 0.717) is 5.75 Å². The third-order valence-electron chi connectivity index (χ3n) is 4.03. The van der Waals surface area contributed by atoms with Gasteiger partial charge in [-0.1, -0.05) is 18.2 Å². The van der Waals surface area contributed by atoms with Gasteiger partial charge in [0.2, 0.25) is 0 Å². The predicted octanol–water partition coefficient (Wildman–Crippen LogP) is 2.31. The minimum absolute atomic E-state index is 0.124. The van der Waals surface area contributed by atoms with Gasteiger partial charge in [-0.25, -0.2) is 0 Å². The van der Waals surface area contributed by atoms with Crippen LogP contribution in [-0.4, -0.2) is 58.4 Å². The van der Waals surface area contributed by atoms with Crippen molar-refractivity contribution >= 4 is 28.0 Å². The van der Waals surface area contributed by atoms with Gasteiger partial charge in [-0.15, -0.1) is 0 Å². The molecule has 2 aromatic rings. The molecule has 1 aromatic heterocycles. The number of carbonyl (C=O) groups excluding carboxylic acids is 1. The molecular weight excluding hydrogens is 328 g/mol. The zero-order valence-corrected chi connectivity index (χ0v) is 14.5. The zero-order chi connectivity index (χ0) is 16.1. The number of thiophene rings is 1. The lowest BCUT2D eigenvalue weighted by atomic mass is 10.2. The second-order valence-corrected chi connectivity index (χ2v) is 7.86. The van der Waals surface area contributed by atoms with Gasteiger partial charge in [-0.3, -0.25) is 13.9 Å². The summed E-state index contributed by atoms with van der Waals surface area (Å²) in [7, 11) is -0.948. The fourth-order valence-electron chi connectivity index (χ4n) is 2.65. The van der Waals surface area contributed by atoms with Crippen LogP contribution >= 0.6 is 11.3 Å². The summed E-state index contributed by atoms with van der Waals surface area (Å²) in [5.74, 6) is 0.765. The van der Waals surface area contributed by atoms with E-state index in [9.17, 15) is 9.00 Å². The van der Waals surface area contributed by atoms with Crippen molar-refractivity contribution < 1.29 is 9.00 Å². The summed E-state index contributed by atoms with van der Waals surface area (Å²) >= 11 is 1.55. The van der Waals surface area contributed by atoms with Gasteiger partial charge < -0.3 is 4.90 Å². The molecule has 2 heterocycles. The largest absolute Gasteiger partial charge is 0.336 e. The SMILES string of the molecule is O=C(c1ccsc1)N1CCN(CCS(=O)c2ccccc2)CC1. The highest BCUT2D eigenvalue weighted by molar-refractivity contribution is 7.85. The first kappa shape index (κ1) is 16.4. The lowest BCUT2D eigenvalue weighted by Gasteiger charge is -2.34. The third kappa shape index (κ3) is 4.28. The van der Waals surface area contributed by atoms with Crippen LogP contribution in [0.5, 0.6) is 0 Å². The highest BCUT2D eigenvalue weighted by atomic mass is 32.2. The molecule has 1 saturated heterocycles. The molecule has 3 rings (SSSR count). The van der Waals surface area contributed by atoms with E-state index < -0.39 is 10.8 Å². The van der Waals surface area contributed by atoms with Crippen LogP contribution in [0.4, 0.5) is 0 Å². The first-order valence-corrected chi connectivity index (χ1v) is 9.97. The maximum Gasteiger partial charge on any atom is 0.254 e. The monoisotopic (exact) mass is 348 g/mol. The van der Waals surface area contributed by atoms with Crippen LogP contribution in [-0.2, 0) is 10.8 Å². The van der Waals surface area contributed by atoms with Crippen LogP contribution in [0.15, 0.2) is 52.1 Å². The summed E-state index contributed by atoms with van der Waals surface area (Å²) in [5.41, 5.74) is 0.786. The molecular formula is C17H20N2O2S2. The fourth-order valence-corrected chi connectivity index (χ4v) is 4.40. The van der Waals surface area contributed by atoms with Crippen LogP contribution in [0.3, 0.4) is 0 Å². The van der Waals surface area contributed by atoms with Crippen LogP contribution in [0.25, 0.3) is 0 Å². The normalized spacial score (nSPS) is 17.1. The smallest absolute Gasteiger partial charge is 0.254 e. The van der Waals surface area contributed by atoms with E-state index in [0.717, 1.165) is 43.2 Å². The van der Waals surface area contributed by atoms with Crippen LogP contribution < -0.4 is 0 Å². The van der Waals surface area contributed by atoms with Gasteiger partial charge in [-0.05, 0) is 23.6 Å². The van der Waals surface area contributed by atoms with Gasteiger partial charge in [0.15, 0.2) is 0 Å². The first-order valence-electron chi connectivity index (χ1n) is 7.71. The molecule has 4 nitrogen and oxygen atoms in total. The molecule has 1 amide bonds. The van der Waals surface area contributed by atoms with E-state index in [4.69, 9.17) is 0 Å². The second kappa shape index (κ2) is 7.86. The van der Waals surface area contributed by atoms with E-state index in [1.165, 1.54) is 0 Å². The number of carbonyl (C=O) groups is 1. The lowest BCUT2D eigenvalue weighted by Crippen LogP contribution is -2.49. The van der Waals surface area contributed by atoms with E-state index in [2.05, 4.69) is 4.90 Å². The van der Waals surface area contributed by atoms with Crippen molar-refractivity contribution in [2.75, 3.05) is 38.5 Å². The number of piperazine rings is 1. The van der Waals surface area contributed by atoms with E-state index in [1.807, 2.05) is 52.1 Å². The molecule has 1 aromatic carbocycles. The van der Waals surface area contributed by atoms with Crippen molar-refractivity contribution in [1.82, 2.24) is 9.80 Å². The molecule has 0 bridgehead atoms. The maximum absolute atomic E-state index is 12.3. The second-order valence-electron chi connectivity index (χ2n) is 5.51. The Bertz CT molecular complexity index is 650. The van der Waals surface area contributed by atoms with Crippen LogP contribution in [0.2, 0.25) is 0 Å². The Morgan fingerprint density at radius 3 is 2.48 bits per heavy atom. The average Bonchev–Trinajstić information content (AvgIpc) is 3.15. The third-order valence-corrected chi connectivity index (χ3v) is 6.06. The molecule has 23 heavy (non-hydrogen) atoms. The first-order chi connectivity index (χ1) is 11.2. The summed E-state index contributed by atoms with van der Waals surface area (Å²) in [5, 5.41) is 3.83. The van der Waals surface area contributed by atoms with Crippen molar-refractivity contribution in [3.63, 3.8) is 0 Å². The van der Waals surface area contributed by atoms with Gasteiger partial charge in [0.1, 0.15) is 0 Å². The lowest BCUT2D eigenvalue weighted by molar-refractivity contribution is 0.0645. The van der Waals surface area contributed by atoms with Gasteiger partial charge in [0.05, 0.1) is 16.4 Å². The molecule has 0 aliphatic carbocycles. The molecule has 6 heteroatoms. The van der Waals surface area contributed by atoms with Crippen molar-refractivity contribution in [2.45, 2.75) is 4.90 Å². The molecule has 0 saturated carbocycles. The summed E-state index contributed by atoms with van der Waals surface area (Å²) in [4.78, 5) is 17.4. The maximum atomic E-state index is 12.3. The number of nitrogens with zero attached hydrogens (tertiary/aromatic N) is 2. The van der Waals surface area contributed by atoms with Gasteiger partial charge in [0, 0.05) is 48.8 Å². The number of hydrogen-bond donors (Lipinski definition) is 0. The van der Waals surface area contributed by atoms with Gasteiger partial charge in [-0.2, -0.15) is 11.3 Å². The van der Waals surface area contributed by atoms with E-state index >= 15 is 0 Å². The molecule has 0 N–H and O–H groups in total. The summed E-state index contributed by atoms with van der Waals surface area (Å²) in [6.45, 7) is 3.99. The van der Waals surface area contributed by atoms with Crippen molar-refractivity contribution in [3.05, 3.63) is 52.7 Å². The quantitative estimate of drug-likeness (QED) is 0.833. The molecule has 1 atom stereocenters. The molecule has 0 spiro atoms. The molecule has 1 aliphatic rings. The van der Waals surface area contributed by atoms with Gasteiger partial charge in [0.25, 0.3) is 5.91 Å². The number of benzene rings is 1. The van der Waals surface area contributed by atoms with E-state index in [-0.39, 0.29) is 5.91 Å². The Kier molecular flexibility index (Phi) is 5.59. The Morgan fingerprint density at radius 1 is 1.09 bits per heavy atom. The fraction of sp³-hybridized carbons (Fsp3) is 0.353. The summed E-state index contributed by atoms with van der Waals surface area (Å²) < 4.78 is 12.2. The minimum Gasteiger partial charge on any atom is -0.336 e. The van der Waals surface area contributed by atoms with E-state index in [1.54, 1.807) is 11.3 Å². The highest BCUT2D eigenvalue weighted by Gasteiger charge is 2.22. The summed E-state index contributed by atoms with van der Waals surface area (Å²) in [6.07, 6.45) is 0. The standard InChI is InChI=1S/C17H20N2O2S2/c20-17(15-6-12-22-14-15)19-9-7-18(8-10-19)11-13-23(21)16-4-2-1-3-5-16/h1-6,12,14H,7-11,13H2. The molecule has 0 radical (unpaired) electrons. The Labute approximate surface area is 143 Å². The van der Waals surface area contributed by atoms with Crippen molar-refractivity contribution in [1.29, 1.82) is 0 Å². The van der Waals surface area contributed by atoms with Gasteiger partial charge >= 0.3 is 0 Å². The predicted molar refractivity (Wildman–Crippen MR) is 94.4 cm³/mol. The van der Waals surface area contributed by atoms with Crippen LogP contribution in [0.1, 0.15) is 10.4 Å². The topological polar surface area (TPSA) is 40.6 Å². The van der Waals surface area contributed by atoms with Crippen LogP contribution in [0, 0.1) is 0 Å². The Balaban J connectivity index is 1.44. The van der Waals surface area contributed by atoms with Crippen molar-refractivity contribution in [3.8, 4) is 0 Å². The highest BCUT2D eigenvalue weighted by Crippen LogP contribution is 2.12. The number of amides is 1. The number of rotatable bonds is 5. The average molecular weight is 348 g/mol.